The van der Waals surface area contributed by atoms with E-state index in [2.05, 4.69) is 21.2 Å². The van der Waals surface area contributed by atoms with E-state index in [-0.39, 0.29) is 5.56 Å². The van der Waals surface area contributed by atoms with Gasteiger partial charge < -0.3 is 16.2 Å². The quantitative estimate of drug-likeness (QED) is 0.752. The normalized spacial score (nSPS) is 10.3. The van der Waals surface area contributed by atoms with Gasteiger partial charge in [-0.15, -0.1) is 11.3 Å². The third-order valence-electron chi connectivity index (χ3n) is 2.37. The number of nitrogens with one attached hydrogen (secondary N) is 1. The maximum atomic E-state index is 10.8. The topological polar surface area (TPSA) is 75.4 Å². The molecule has 0 radical (unpaired) electrons. The summed E-state index contributed by atoms with van der Waals surface area (Å²) < 4.78 is 1.05. The molecule has 1 aromatic carbocycles. The second kappa shape index (κ2) is 5.41. The average Bonchev–Trinajstić information content (AvgIpc) is 2.73. The number of hydrogen-bond acceptors (Lipinski definition) is 4. The average molecular weight is 327 g/mol. The Morgan fingerprint density at radius 1 is 1.44 bits per heavy atom. The van der Waals surface area contributed by atoms with Crippen LogP contribution in [-0.4, -0.2) is 11.1 Å². The molecule has 18 heavy (non-hydrogen) atoms. The number of thiophene rings is 1. The lowest BCUT2D eigenvalue weighted by Gasteiger charge is -2.08. The van der Waals surface area contributed by atoms with Crippen LogP contribution in [0.1, 0.15) is 15.2 Å². The van der Waals surface area contributed by atoms with Gasteiger partial charge in [-0.05, 0) is 40.2 Å². The Balaban J connectivity index is 2.08. The third-order valence-corrected chi connectivity index (χ3v) is 4.07. The van der Waals surface area contributed by atoms with Gasteiger partial charge in [-0.1, -0.05) is 0 Å². The number of anilines is 2. The summed E-state index contributed by atoms with van der Waals surface area (Å²) in [4.78, 5) is 11.9. The number of aromatic carboxylic acids is 1. The highest BCUT2D eigenvalue weighted by atomic mass is 79.9. The van der Waals surface area contributed by atoms with Gasteiger partial charge in [0, 0.05) is 21.3 Å². The number of rotatable bonds is 4. The molecular weight excluding hydrogens is 316 g/mol. The first-order valence-electron chi connectivity index (χ1n) is 5.16. The van der Waals surface area contributed by atoms with Crippen molar-refractivity contribution in [1.29, 1.82) is 0 Å². The fourth-order valence-corrected chi connectivity index (χ4v) is 2.88. The van der Waals surface area contributed by atoms with Gasteiger partial charge in [-0.25, -0.2) is 4.79 Å². The summed E-state index contributed by atoms with van der Waals surface area (Å²) in [6.45, 7) is 0.660. The summed E-state index contributed by atoms with van der Waals surface area (Å²) >= 11 is 5.03. The van der Waals surface area contributed by atoms with Crippen molar-refractivity contribution in [3.05, 3.63) is 44.6 Å². The van der Waals surface area contributed by atoms with Crippen LogP contribution in [0.15, 0.2) is 34.1 Å². The van der Waals surface area contributed by atoms with Crippen molar-refractivity contribution in [3.63, 3.8) is 0 Å². The Hall–Kier alpha value is -1.53. The standard InChI is InChI=1S/C12H11BrN2O2S/c13-8-4-9(18-6-8)5-15-11-2-1-7(12(16)17)3-10(11)14/h1-4,6,15H,5,14H2,(H,16,17). The largest absolute Gasteiger partial charge is 0.478 e. The minimum absolute atomic E-state index is 0.192. The summed E-state index contributed by atoms with van der Waals surface area (Å²) in [5.74, 6) is -0.976. The van der Waals surface area contributed by atoms with Crippen LogP contribution in [0.2, 0.25) is 0 Å². The van der Waals surface area contributed by atoms with Gasteiger partial charge in [0.25, 0.3) is 0 Å². The SMILES string of the molecule is Nc1cc(C(=O)O)ccc1NCc1cc(Br)cs1. The number of nitrogens with two attached hydrogens (primary N) is 1. The van der Waals surface area contributed by atoms with Crippen LogP contribution in [0.25, 0.3) is 0 Å². The highest BCUT2D eigenvalue weighted by Gasteiger charge is 2.06. The first-order chi connectivity index (χ1) is 8.56. The molecule has 4 N–H and O–H groups in total. The Labute approximate surface area is 117 Å². The van der Waals surface area contributed by atoms with Crippen molar-refractivity contribution in [2.24, 2.45) is 0 Å². The first kappa shape index (κ1) is 12.9. The van der Waals surface area contributed by atoms with Crippen molar-refractivity contribution in [3.8, 4) is 0 Å². The molecule has 0 amide bonds. The number of nitrogen functional groups attached to an aromatic ring is 1. The molecule has 0 atom stereocenters. The van der Waals surface area contributed by atoms with E-state index >= 15 is 0 Å². The van der Waals surface area contributed by atoms with Crippen LogP contribution in [0.3, 0.4) is 0 Å². The maximum absolute atomic E-state index is 10.8. The molecular formula is C12H11BrN2O2S. The molecule has 0 saturated heterocycles. The number of carboxylic acids is 1. The highest BCUT2D eigenvalue weighted by molar-refractivity contribution is 9.10. The molecule has 0 fully saturated rings. The lowest BCUT2D eigenvalue weighted by Crippen LogP contribution is -2.03. The van der Waals surface area contributed by atoms with E-state index in [1.54, 1.807) is 17.4 Å². The van der Waals surface area contributed by atoms with Crippen molar-refractivity contribution in [2.45, 2.75) is 6.54 Å². The predicted octanol–water partition coefficient (Wildman–Crippen LogP) is 3.40. The van der Waals surface area contributed by atoms with Gasteiger partial charge >= 0.3 is 5.97 Å². The summed E-state index contributed by atoms with van der Waals surface area (Å²) in [5, 5.41) is 14.0. The minimum atomic E-state index is -0.976. The molecule has 0 bridgehead atoms. The molecule has 0 aliphatic heterocycles. The summed E-state index contributed by atoms with van der Waals surface area (Å²) in [5.41, 5.74) is 7.16. The third kappa shape index (κ3) is 3.02. The zero-order valence-corrected chi connectivity index (χ0v) is 11.7. The van der Waals surface area contributed by atoms with Gasteiger partial charge in [0.15, 0.2) is 0 Å². The summed E-state index contributed by atoms with van der Waals surface area (Å²) in [6, 6.07) is 6.70. The predicted molar refractivity (Wildman–Crippen MR) is 77.2 cm³/mol. The number of carboxylic acid groups (broad SMARTS) is 1. The smallest absolute Gasteiger partial charge is 0.335 e. The van der Waals surface area contributed by atoms with Crippen LogP contribution in [0, 0.1) is 0 Å². The molecule has 94 valence electrons. The highest BCUT2D eigenvalue weighted by Crippen LogP contribution is 2.24. The molecule has 0 spiro atoms. The minimum Gasteiger partial charge on any atom is -0.478 e. The van der Waals surface area contributed by atoms with E-state index in [9.17, 15) is 4.79 Å². The second-order valence-corrected chi connectivity index (χ2v) is 5.60. The van der Waals surface area contributed by atoms with Gasteiger partial charge in [-0.3, -0.25) is 0 Å². The molecule has 2 aromatic rings. The molecule has 0 unspecified atom stereocenters. The number of hydrogen-bond donors (Lipinski definition) is 3. The molecule has 1 heterocycles. The van der Waals surface area contributed by atoms with Crippen LogP contribution >= 0.6 is 27.3 Å². The van der Waals surface area contributed by atoms with E-state index in [0.717, 1.165) is 10.2 Å². The van der Waals surface area contributed by atoms with E-state index in [1.807, 2.05) is 11.4 Å². The fraction of sp³-hybridized carbons (Fsp3) is 0.0833. The van der Waals surface area contributed by atoms with Crippen molar-refractivity contribution in [2.75, 3.05) is 11.1 Å². The van der Waals surface area contributed by atoms with Gasteiger partial charge in [0.2, 0.25) is 0 Å². The number of benzene rings is 1. The van der Waals surface area contributed by atoms with Gasteiger partial charge in [0.1, 0.15) is 0 Å². The zero-order valence-electron chi connectivity index (χ0n) is 9.31. The molecule has 6 heteroatoms. The van der Waals surface area contributed by atoms with Crippen molar-refractivity contribution in [1.82, 2.24) is 0 Å². The second-order valence-electron chi connectivity index (χ2n) is 3.69. The van der Waals surface area contributed by atoms with Crippen molar-refractivity contribution < 1.29 is 9.90 Å². The Bertz CT molecular complexity index is 583. The monoisotopic (exact) mass is 326 g/mol. The Kier molecular flexibility index (Phi) is 3.88. The van der Waals surface area contributed by atoms with Crippen LogP contribution in [-0.2, 0) is 6.54 Å². The van der Waals surface area contributed by atoms with Crippen LogP contribution in [0.5, 0.6) is 0 Å². The van der Waals surface area contributed by atoms with E-state index in [1.165, 1.54) is 17.0 Å². The number of halogens is 1. The van der Waals surface area contributed by atoms with Crippen LogP contribution in [0.4, 0.5) is 11.4 Å². The molecule has 4 nitrogen and oxygen atoms in total. The lowest BCUT2D eigenvalue weighted by molar-refractivity contribution is 0.0697. The summed E-state index contributed by atoms with van der Waals surface area (Å²) in [7, 11) is 0. The lowest BCUT2D eigenvalue weighted by atomic mass is 10.1. The Morgan fingerprint density at radius 3 is 2.78 bits per heavy atom. The molecule has 0 aliphatic carbocycles. The fourth-order valence-electron chi connectivity index (χ4n) is 1.49. The summed E-state index contributed by atoms with van der Waals surface area (Å²) in [6.07, 6.45) is 0. The zero-order chi connectivity index (χ0) is 13.1. The number of carbonyl (C=O) groups is 1. The van der Waals surface area contributed by atoms with E-state index in [4.69, 9.17) is 10.8 Å². The molecule has 0 saturated carbocycles. The maximum Gasteiger partial charge on any atom is 0.335 e. The van der Waals surface area contributed by atoms with E-state index in [0.29, 0.717) is 12.2 Å². The first-order valence-corrected chi connectivity index (χ1v) is 6.83. The molecule has 0 aliphatic rings. The Morgan fingerprint density at radius 2 is 2.22 bits per heavy atom. The van der Waals surface area contributed by atoms with Crippen molar-refractivity contribution >= 4 is 44.6 Å². The molecule has 1 aromatic heterocycles. The molecule has 2 rings (SSSR count). The van der Waals surface area contributed by atoms with E-state index < -0.39 is 5.97 Å². The van der Waals surface area contributed by atoms with Gasteiger partial charge in [0.05, 0.1) is 16.9 Å². The van der Waals surface area contributed by atoms with Crippen LogP contribution < -0.4 is 11.1 Å². The van der Waals surface area contributed by atoms with Gasteiger partial charge in [-0.2, -0.15) is 0 Å².